The number of hydrogen-bond donors (Lipinski definition) is 1. The van der Waals surface area contributed by atoms with Gasteiger partial charge in [-0.3, -0.25) is 0 Å². The smallest absolute Gasteiger partial charge is 0.184 e. The average molecular weight is 365 g/mol. The first kappa shape index (κ1) is 14.0. The SMILES string of the molecule is Nc1ccc(Cl)cc1-c1nnnn1Cc1ccc(Br)cc1. The Labute approximate surface area is 134 Å². The van der Waals surface area contributed by atoms with E-state index in [0.717, 1.165) is 15.6 Å². The quantitative estimate of drug-likeness (QED) is 0.723. The van der Waals surface area contributed by atoms with Crippen LogP contribution in [0, 0.1) is 0 Å². The van der Waals surface area contributed by atoms with Crippen LogP contribution in [-0.4, -0.2) is 20.2 Å². The molecule has 0 amide bonds. The number of benzene rings is 2. The van der Waals surface area contributed by atoms with Gasteiger partial charge in [0.1, 0.15) is 0 Å². The van der Waals surface area contributed by atoms with E-state index in [1.165, 1.54) is 0 Å². The number of tetrazole rings is 1. The first-order valence-corrected chi connectivity index (χ1v) is 7.36. The van der Waals surface area contributed by atoms with Crippen molar-refractivity contribution in [3.05, 3.63) is 57.5 Å². The molecule has 106 valence electrons. The lowest BCUT2D eigenvalue weighted by Crippen LogP contribution is -2.05. The summed E-state index contributed by atoms with van der Waals surface area (Å²) in [5.41, 5.74) is 8.39. The molecule has 0 aliphatic carbocycles. The number of nitrogens with zero attached hydrogens (tertiary/aromatic N) is 4. The van der Waals surface area contributed by atoms with Gasteiger partial charge in [0.15, 0.2) is 5.82 Å². The molecule has 0 bridgehead atoms. The summed E-state index contributed by atoms with van der Waals surface area (Å²) >= 11 is 9.44. The Kier molecular flexibility index (Phi) is 3.90. The van der Waals surface area contributed by atoms with Crippen LogP contribution >= 0.6 is 27.5 Å². The molecule has 1 aromatic heterocycles. The van der Waals surface area contributed by atoms with Gasteiger partial charge in [0.25, 0.3) is 0 Å². The van der Waals surface area contributed by atoms with Crippen molar-refractivity contribution >= 4 is 33.2 Å². The minimum atomic E-state index is 0.557. The van der Waals surface area contributed by atoms with Crippen LogP contribution in [-0.2, 0) is 6.54 Å². The summed E-state index contributed by atoms with van der Waals surface area (Å²) < 4.78 is 2.73. The third kappa shape index (κ3) is 3.06. The van der Waals surface area contributed by atoms with Crippen molar-refractivity contribution in [1.29, 1.82) is 0 Å². The van der Waals surface area contributed by atoms with Crippen molar-refractivity contribution in [2.75, 3.05) is 5.73 Å². The topological polar surface area (TPSA) is 69.6 Å². The highest BCUT2D eigenvalue weighted by atomic mass is 79.9. The van der Waals surface area contributed by atoms with E-state index in [0.29, 0.717) is 23.1 Å². The molecule has 1 heterocycles. The molecule has 2 N–H and O–H groups in total. The van der Waals surface area contributed by atoms with Gasteiger partial charge in [-0.15, -0.1) is 5.10 Å². The van der Waals surface area contributed by atoms with Crippen molar-refractivity contribution in [3.8, 4) is 11.4 Å². The first-order valence-electron chi connectivity index (χ1n) is 6.19. The zero-order chi connectivity index (χ0) is 14.8. The Bertz CT molecular complexity index is 769. The van der Waals surface area contributed by atoms with Gasteiger partial charge in [0, 0.05) is 20.7 Å². The highest BCUT2D eigenvalue weighted by molar-refractivity contribution is 9.10. The molecule has 0 saturated carbocycles. The summed E-state index contributed by atoms with van der Waals surface area (Å²) in [5.74, 6) is 0.595. The van der Waals surface area contributed by atoms with E-state index in [-0.39, 0.29) is 0 Å². The summed E-state index contributed by atoms with van der Waals surface area (Å²) in [5, 5.41) is 12.4. The van der Waals surface area contributed by atoms with Crippen molar-refractivity contribution < 1.29 is 0 Å². The molecule has 0 atom stereocenters. The van der Waals surface area contributed by atoms with E-state index in [2.05, 4.69) is 31.5 Å². The Morgan fingerprint density at radius 3 is 2.67 bits per heavy atom. The molecule has 7 heteroatoms. The van der Waals surface area contributed by atoms with Crippen molar-refractivity contribution in [2.24, 2.45) is 0 Å². The molecule has 3 aromatic rings. The van der Waals surface area contributed by atoms with Gasteiger partial charge in [0.2, 0.25) is 0 Å². The van der Waals surface area contributed by atoms with Gasteiger partial charge in [-0.2, -0.15) is 0 Å². The highest BCUT2D eigenvalue weighted by Crippen LogP contribution is 2.27. The number of rotatable bonds is 3. The van der Waals surface area contributed by atoms with Crippen molar-refractivity contribution in [2.45, 2.75) is 6.54 Å². The normalized spacial score (nSPS) is 10.8. The third-order valence-corrected chi connectivity index (χ3v) is 3.80. The number of anilines is 1. The monoisotopic (exact) mass is 363 g/mol. The van der Waals surface area contributed by atoms with Gasteiger partial charge in [0.05, 0.1) is 6.54 Å². The molecular weight excluding hydrogens is 354 g/mol. The largest absolute Gasteiger partial charge is 0.398 e. The van der Waals surface area contributed by atoms with E-state index in [1.807, 2.05) is 24.3 Å². The third-order valence-electron chi connectivity index (χ3n) is 3.03. The number of aromatic nitrogens is 4. The Morgan fingerprint density at radius 1 is 1.14 bits per heavy atom. The number of halogens is 2. The number of nitrogens with two attached hydrogens (primary N) is 1. The second kappa shape index (κ2) is 5.83. The molecule has 0 saturated heterocycles. The van der Waals surface area contributed by atoms with Crippen LogP contribution in [0.15, 0.2) is 46.9 Å². The summed E-state index contributed by atoms with van der Waals surface area (Å²) in [4.78, 5) is 0. The molecule has 21 heavy (non-hydrogen) atoms. The van der Waals surface area contributed by atoms with Gasteiger partial charge < -0.3 is 5.73 Å². The average Bonchev–Trinajstić information content (AvgIpc) is 2.92. The highest BCUT2D eigenvalue weighted by Gasteiger charge is 2.13. The van der Waals surface area contributed by atoms with Crippen LogP contribution in [0.4, 0.5) is 5.69 Å². The van der Waals surface area contributed by atoms with Crippen molar-refractivity contribution in [3.63, 3.8) is 0 Å². The summed E-state index contributed by atoms with van der Waals surface area (Å²) in [6, 6.07) is 13.2. The summed E-state index contributed by atoms with van der Waals surface area (Å²) in [6.45, 7) is 0.557. The molecule has 0 aliphatic rings. The fourth-order valence-electron chi connectivity index (χ4n) is 1.99. The number of hydrogen-bond acceptors (Lipinski definition) is 4. The zero-order valence-electron chi connectivity index (χ0n) is 10.9. The van der Waals surface area contributed by atoms with Gasteiger partial charge >= 0.3 is 0 Å². The van der Waals surface area contributed by atoms with Crippen LogP contribution in [0.1, 0.15) is 5.56 Å². The lowest BCUT2D eigenvalue weighted by Gasteiger charge is -2.07. The fourth-order valence-corrected chi connectivity index (χ4v) is 2.43. The number of nitrogen functional groups attached to an aromatic ring is 1. The van der Waals surface area contributed by atoms with E-state index in [4.69, 9.17) is 17.3 Å². The van der Waals surface area contributed by atoms with Crippen LogP contribution < -0.4 is 5.73 Å². The van der Waals surface area contributed by atoms with Gasteiger partial charge in [-0.1, -0.05) is 39.7 Å². The molecule has 5 nitrogen and oxygen atoms in total. The molecule has 0 unspecified atom stereocenters. The van der Waals surface area contributed by atoms with Crippen LogP contribution in [0.3, 0.4) is 0 Å². The molecule has 0 fully saturated rings. The molecule has 2 aromatic carbocycles. The maximum Gasteiger partial charge on any atom is 0.184 e. The Hall–Kier alpha value is -1.92. The Balaban J connectivity index is 1.97. The van der Waals surface area contributed by atoms with E-state index < -0.39 is 0 Å². The maximum absolute atomic E-state index is 6.03. The summed E-state index contributed by atoms with van der Waals surface area (Å²) in [7, 11) is 0. The summed E-state index contributed by atoms with van der Waals surface area (Å²) in [6.07, 6.45) is 0. The van der Waals surface area contributed by atoms with Gasteiger partial charge in [-0.05, 0) is 46.3 Å². The maximum atomic E-state index is 6.03. The molecule has 3 rings (SSSR count). The molecule has 0 aliphatic heterocycles. The fraction of sp³-hybridized carbons (Fsp3) is 0.0714. The Morgan fingerprint density at radius 2 is 1.90 bits per heavy atom. The van der Waals surface area contributed by atoms with E-state index in [1.54, 1.807) is 22.9 Å². The standard InChI is InChI=1S/C14H11BrClN5/c15-10-3-1-9(2-4-10)8-21-14(18-19-20-21)12-7-11(16)5-6-13(12)17/h1-7H,8,17H2. The minimum absolute atomic E-state index is 0.557. The first-order chi connectivity index (χ1) is 10.1. The van der Waals surface area contributed by atoms with Crippen molar-refractivity contribution in [1.82, 2.24) is 20.2 Å². The van der Waals surface area contributed by atoms with E-state index in [9.17, 15) is 0 Å². The second-order valence-electron chi connectivity index (χ2n) is 4.52. The minimum Gasteiger partial charge on any atom is -0.398 e. The van der Waals surface area contributed by atoms with E-state index >= 15 is 0 Å². The van der Waals surface area contributed by atoms with Crippen LogP contribution in [0.5, 0.6) is 0 Å². The van der Waals surface area contributed by atoms with Crippen LogP contribution in [0.2, 0.25) is 5.02 Å². The van der Waals surface area contributed by atoms with Crippen LogP contribution in [0.25, 0.3) is 11.4 Å². The predicted molar refractivity (Wildman–Crippen MR) is 85.9 cm³/mol. The molecule has 0 spiro atoms. The zero-order valence-corrected chi connectivity index (χ0v) is 13.2. The lowest BCUT2D eigenvalue weighted by molar-refractivity contribution is 0.653. The molecule has 0 radical (unpaired) electrons. The lowest BCUT2D eigenvalue weighted by atomic mass is 10.1. The second-order valence-corrected chi connectivity index (χ2v) is 5.87. The van der Waals surface area contributed by atoms with Gasteiger partial charge in [-0.25, -0.2) is 4.68 Å². The molecular formula is C14H11BrClN5. The predicted octanol–water partition coefficient (Wildman–Crippen LogP) is 3.39.